The van der Waals surface area contributed by atoms with E-state index < -0.39 is 0 Å². The van der Waals surface area contributed by atoms with Crippen LogP contribution in [0.1, 0.15) is 31.2 Å². The summed E-state index contributed by atoms with van der Waals surface area (Å²) in [5, 5.41) is 3.15. The maximum atomic E-state index is 12.7. The highest BCUT2D eigenvalue weighted by atomic mass is 16.7. The molecule has 26 heavy (non-hydrogen) atoms. The van der Waals surface area contributed by atoms with E-state index in [1.807, 2.05) is 18.2 Å². The van der Waals surface area contributed by atoms with Crippen molar-refractivity contribution in [2.75, 3.05) is 33.4 Å². The van der Waals surface area contributed by atoms with Gasteiger partial charge in [0.2, 0.25) is 5.91 Å². The third-order valence-corrected chi connectivity index (χ3v) is 6.34. The minimum Gasteiger partial charge on any atom is -0.355 e. The van der Waals surface area contributed by atoms with Gasteiger partial charge in [-0.15, -0.1) is 0 Å². The van der Waals surface area contributed by atoms with E-state index in [1.165, 1.54) is 5.56 Å². The molecule has 3 fully saturated rings. The summed E-state index contributed by atoms with van der Waals surface area (Å²) in [6, 6.07) is 10.9. The lowest BCUT2D eigenvalue weighted by Crippen LogP contribution is -2.55. The molecular weight excluding hydrogens is 328 g/mol. The molecule has 5 nitrogen and oxygen atoms in total. The summed E-state index contributed by atoms with van der Waals surface area (Å²) >= 11 is 0. The third kappa shape index (κ3) is 3.80. The van der Waals surface area contributed by atoms with Gasteiger partial charge in [0.15, 0.2) is 5.79 Å². The van der Waals surface area contributed by atoms with Gasteiger partial charge in [0.25, 0.3) is 0 Å². The number of ether oxygens (including phenoxy) is 2. The Morgan fingerprint density at radius 3 is 2.81 bits per heavy atom. The predicted octanol–water partition coefficient (Wildman–Crippen LogP) is 2.21. The molecule has 1 aliphatic carbocycles. The largest absolute Gasteiger partial charge is 0.355 e. The number of nitrogens with zero attached hydrogens (tertiary/aromatic N) is 1. The Morgan fingerprint density at radius 1 is 1.27 bits per heavy atom. The van der Waals surface area contributed by atoms with Crippen molar-refractivity contribution < 1.29 is 14.3 Å². The molecule has 2 saturated heterocycles. The first-order valence-electron chi connectivity index (χ1n) is 9.95. The molecule has 1 aromatic carbocycles. The quantitative estimate of drug-likeness (QED) is 0.897. The lowest BCUT2D eigenvalue weighted by molar-refractivity contribution is -0.202. The number of amides is 1. The Kier molecular flexibility index (Phi) is 5.30. The molecule has 2 aliphatic heterocycles. The fraction of sp³-hybridized carbons (Fsp3) is 0.667. The number of piperidine rings is 1. The van der Waals surface area contributed by atoms with Crippen LogP contribution in [-0.4, -0.2) is 56.0 Å². The lowest BCUT2D eigenvalue weighted by Gasteiger charge is -2.49. The monoisotopic (exact) mass is 358 g/mol. The van der Waals surface area contributed by atoms with E-state index in [0.29, 0.717) is 31.7 Å². The number of benzene rings is 1. The minimum atomic E-state index is -0.367. The van der Waals surface area contributed by atoms with Crippen molar-refractivity contribution in [2.24, 2.45) is 11.8 Å². The van der Waals surface area contributed by atoms with Gasteiger partial charge in [0.05, 0.1) is 19.1 Å². The normalized spacial score (nSPS) is 30.9. The van der Waals surface area contributed by atoms with Crippen molar-refractivity contribution in [3.8, 4) is 0 Å². The van der Waals surface area contributed by atoms with Gasteiger partial charge in [0.1, 0.15) is 0 Å². The number of rotatable bonds is 4. The van der Waals surface area contributed by atoms with Crippen LogP contribution >= 0.6 is 0 Å². The van der Waals surface area contributed by atoms with E-state index in [-0.39, 0.29) is 17.6 Å². The number of likely N-dealkylation sites (tertiary alicyclic amines) is 1. The molecule has 1 spiro atoms. The molecule has 1 saturated carbocycles. The average Bonchev–Trinajstić information content (AvgIpc) is 3.09. The number of nitrogens with one attached hydrogen (secondary N) is 1. The highest BCUT2D eigenvalue weighted by Gasteiger charge is 2.49. The Bertz CT molecular complexity index is 615. The van der Waals surface area contributed by atoms with Crippen LogP contribution < -0.4 is 5.32 Å². The molecule has 4 rings (SSSR count). The predicted molar refractivity (Wildman–Crippen MR) is 99.7 cm³/mol. The summed E-state index contributed by atoms with van der Waals surface area (Å²) in [7, 11) is 2.16. The number of hydrogen-bond donors (Lipinski definition) is 1. The van der Waals surface area contributed by atoms with Crippen LogP contribution in [0.5, 0.6) is 0 Å². The van der Waals surface area contributed by atoms with Crippen LogP contribution in [-0.2, 0) is 20.7 Å². The molecule has 3 aliphatic rings. The van der Waals surface area contributed by atoms with Crippen LogP contribution in [0.15, 0.2) is 30.3 Å². The zero-order valence-corrected chi connectivity index (χ0v) is 15.7. The van der Waals surface area contributed by atoms with Crippen LogP contribution in [0.3, 0.4) is 0 Å². The zero-order chi connectivity index (χ0) is 18.0. The van der Waals surface area contributed by atoms with Crippen molar-refractivity contribution in [3.63, 3.8) is 0 Å². The molecule has 1 amide bonds. The molecule has 0 bridgehead atoms. The number of hydrogen-bond acceptors (Lipinski definition) is 4. The maximum Gasteiger partial charge on any atom is 0.224 e. The standard InChI is InChI=1S/C21H30N2O3/c1-23-15-18(20(24)22-10-8-16-5-3-2-4-6-16)13-17-14-21(9-7-19(17)23)25-11-12-26-21/h2-6,17-19H,7-15H2,1H3,(H,22,24)/t17-,18-,19-/m1/s1. The van der Waals surface area contributed by atoms with E-state index in [1.54, 1.807) is 0 Å². The van der Waals surface area contributed by atoms with Crippen molar-refractivity contribution in [1.29, 1.82) is 0 Å². The second-order valence-electron chi connectivity index (χ2n) is 8.08. The minimum absolute atomic E-state index is 0.0635. The Morgan fingerprint density at radius 2 is 2.04 bits per heavy atom. The first-order chi connectivity index (χ1) is 12.7. The van der Waals surface area contributed by atoms with E-state index in [4.69, 9.17) is 9.47 Å². The van der Waals surface area contributed by atoms with Crippen molar-refractivity contribution in [1.82, 2.24) is 10.2 Å². The summed E-state index contributed by atoms with van der Waals surface area (Å²) in [5.74, 6) is 0.367. The fourth-order valence-electron chi connectivity index (χ4n) is 5.05. The van der Waals surface area contributed by atoms with Crippen LogP contribution in [0, 0.1) is 11.8 Å². The van der Waals surface area contributed by atoms with Gasteiger partial charge in [-0.1, -0.05) is 30.3 Å². The van der Waals surface area contributed by atoms with Gasteiger partial charge in [-0.2, -0.15) is 0 Å². The van der Waals surface area contributed by atoms with Gasteiger partial charge < -0.3 is 19.7 Å². The maximum absolute atomic E-state index is 12.7. The summed E-state index contributed by atoms with van der Waals surface area (Å²) in [4.78, 5) is 15.1. The molecular formula is C21H30N2O3. The first kappa shape index (κ1) is 18.0. The molecule has 0 aromatic heterocycles. The van der Waals surface area contributed by atoms with Crippen LogP contribution in [0.25, 0.3) is 0 Å². The van der Waals surface area contributed by atoms with Gasteiger partial charge in [-0.25, -0.2) is 0 Å². The fourth-order valence-corrected chi connectivity index (χ4v) is 5.05. The van der Waals surface area contributed by atoms with Gasteiger partial charge in [0, 0.05) is 32.0 Å². The SMILES string of the molecule is CN1C[C@H](C(=O)NCCc2ccccc2)C[C@@H]2CC3(CC[C@H]21)OCCO3. The molecule has 5 heteroatoms. The first-order valence-corrected chi connectivity index (χ1v) is 9.95. The molecule has 3 atom stereocenters. The van der Waals surface area contributed by atoms with E-state index in [9.17, 15) is 4.79 Å². The van der Waals surface area contributed by atoms with Crippen molar-refractivity contribution in [3.05, 3.63) is 35.9 Å². The molecule has 2 heterocycles. The Labute approximate surface area is 156 Å². The topological polar surface area (TPSA) is 50.8 Å². The molecule has 1 aromatic rings. The average molecular weight is 358 g/mol. The van der Waals surface area contributed by atoms with Crippen LogP contribution in [0.4, 0.5) is 0 Å². The smallest absolute Gasteiger partial charge is 0.224 e. The van der Waals surface area contributed by atoms with Gasteiger partial charge in [-0.05, 0) is 37.8 Å². The van der Waals surface area contributed by atoms with Crippen LogP contribution in [0.2, 0.25) is 0 Å². The summed E-state index contributed by atoms with van der Waals surface area (Å²) in [5.41, 5.74) is 1.26. The second kappa shape index (κ2) is 7.67. The molecule has 142 valence electrons. The van der Waals surface area contributed by atoms with E-state index in [0.717, 1.165) is 38.6 Å². The summed E-state index contributed by atoms with van der Waals surface area (Å²) in [6.45, 7) is 2.97. The zero-order valence-electron chi connectivity index (χ0n) is 15.7. The molecule has 0 radical (unpaired) electrons. The van der Waals surface area contributed by atoms with Crippen molar-refractivity contribution >= 4 is 5.91 Å². The number of fused-ring (bicyclic) bond motifs is 1. The van der Waals surface area contributed by atoms with Crippen molar-refractivity contribution in [2.45, 2.75) is 43.9 Å². The van der Waals surface area contributed by atoms with E-state index in [2.05, 4.69) is 29.4 Å². The van der Waals surface area contributed by atoms with E-state index >= 15 is 0 Å². The third-order valence-electron chi connectivity index (χ3n) is 6.34. The number of carbonyl (C=O) groups is 1. The molecule has 1 N–H and O–H groups in total. The highest BCUT2D eigenvalue weighted by Crippen LogP contribution is 2.44. The summed E-state index contributed by atoms with van der Waals surface area (Å²) in [6.07, 6.45) is 4.83. The Hall–Kier alpha value is -1.43. The number of carbonyl (C=O) groups excluding carboxylic acids is 1. The Balaban J connectivity index is 1.31. The second-order valence-corrected chi connectivity index (χ2v) is 8.08. The summed E-state index contributed by atoms with van der Waals surface area (Å²) < 4.78 is 11.9. The highest BCUT2D eigenvalue weighted by molar-refractivity contribution is 5.79. The molecule has 0 unspecified atom stereocenters. The van der Waals surface area contributed by atoms with Gasteiger partial charge in [-0.3, -0.25) is 4.79 Å². The van der Waals surface area contributed by atoms with Gasteiger partial charge >= 0.3 is 0 Å². The lowest BCUT2D eigenvalue weighted by atomic mass is 9.72.